The van der Waals surface area contributed by atoms with Crippen molar-refractivity contribution in [3.8, 4) is 0 Å². The lowest BCUT2D eigenvalue weighted by molar-refractivity contribution is -0.118. The number of carbonyl (C=O) groups excluding carboxylic acids is 1. The highest BCUT2D eigenvalue weighted by atomic mass is 16.1. The first-order chi connectivity index (χ1) is 6.83. The van der Waals surface area contributed by atoms with Crippen molar-refractivity contribution in [2.24, 2.45) is 0 Å². The highest BCUT2D eigenvalue weighted by Crippen LogP contribution is 2.28. The molecule has 0 aromatic heterocycles. The number of rotatable bonds is 3. The van der Waals surface area contributed by atoms with Gasteiger partial charge in [-0.1, -0.05) is 32.0 Å². The monoisotopic (exact) mass is 204 g/mol. The maximum absolute atomic E-state index is 11.2. The fourth-order valence-electron chi connectivity index (χ4n) is 1.89. The van der Waals surface area contributed by atoms with Gasteiger partial charge in [0, 0.05) is 6.42 Å². The third-order valence-electron chi connectivity index (χ3n) is 2.98. The lowest BCUT2D eigenvalue weighted by Gasteiger charge is -2.24. The fraction of sp³-hybridized carbons (Fsp3) is 0.500. The lowest BCUT2D eigenvalue weighted by atomic mass is 9.79. The summed E-state index contributed by atoms with van der Waals surface area (Å²) >= 11 is 0. The molecule has 0 saturated carbocycles. The summed E-state index contributed by atoms with van der Waals surface area (Å²) in [5.74, 6) is 0.248. The molecule has 1 aromatic rings. The van der Waals surface area contributed by atoms with Crippen molar-refractivity contribution in [1.29, 1.82) is 0 Å². The minimum absolute atomic E-state index is 0.0513. The summed E-state index contributed by atoms with van der Waals surface area (Å²) in [6.07, 6.45) is 0.607. The Labute approximate surface area is 92.5 Å². The molecule has 0 bridgehead atoms. The quantitative estimate of drug-likeness (QED) is 0.735. The van der Waals surface area contributed by atoms with E-state index in [1.165, 1.54) is 16.7 Å². The van der Waals surface area contributed by atoms with Crippen LogP contribution in [0, 0.1) is 13.8 Å². The Morgan fingerprint density at radius 1 is 1.20 bits per heavy atom. The van der Waals surface area contributed by atoms with E-state index in [4.69, 9.17) is 0 Å². The van der Waals surface area contributed by atoms with Crippen molar-refractivity contribution in [1.82, 2.24) is 0 Å². The van der Waals surface area contributed by atoms with Gasteiger partial charge in [0.05, 0.1) is 0 Å². The van der Waals surface area contributed by atoms with Gasteiger partial charge in [0.1, 0.15) is 5.78 Å². The number of Topliss-reactive ketones (excluding diaryl/α,β-unsaturated/α-hetero) is 1. The topological polar surface area (TPSA) is 17.1 Å². The Kier molecular flexibility index (Phi) is 3.33. The molecule has 15 heavy (non-hydrogen) atoms. The molecule has 1 rings (SSSR count). The van der Waals surface area contributed by atoms with E-state index in [0.717, 1.165) is 0 Å². The molecule has 0 unspecified atom stereocenters. The van der Waals surface area contributed by atoms with Crippen molar-refractivity contribution in [2.45, 2.75) is 46.5 Å². The maximum atomic E-state index is 11.2. The molecular formula is C14H20O. The molecule has 0 atom stereocenters. The van der Waals surface area contributed by atoms with Crippen LogP contribution in [-0.2, 0) is 10.2 Å². The molecule has 0 saturated heterocycles. The number of ketones is 1. The Morgan fingerprint density at radius 2 is 1.80 bits per heavy atom. The number of aryl methyl sites for hydroxylation is 2. The first-order valence-corrected chi connectivity index (χ1v) is 5.40. The summed E-state index contributed by atoms with van der Waals surface area (Å²) in [5.41, 5.74) is 3.80. The van der Waals surface area contributed by atoms with Crippen LogP contribution >= 0.6 is 0 Å². The highest BCUT2D eigenvalue weighted by molar-refractivity contribution is 5.77. The first-order valence-electron chi connectivity index (χ1n) is 5.40. The van der Waals surface area contributed by atoms with Gasteiger partial charge in [0.25, 0.3) is 0 Å². The van der Waals surface area contributed by atoms with E-state index in [1.807, 2.05) is 0 Å². The van der Waals surface area contributed by atoms with Crippen LogP contribution in [0.3, 0.4) is 0 Å². The molecule has 0 fully saturated rings. The van der Waals surface area contributed by atoms with Crippen LogP contribution in [0.1, 0.15) is 43.9 Å². The Balaban J connectivity index is 3.04. The molecule has 0 aliphatic rings. The van der Waals surface area contributed by atoms with Crippen LogP contribution < -0.4 is 0 Å². The molecule has 0 N–H and O–H groups in total. The molecule has 0 amide bonds. The molecule has 0 heterocycles. The Hall–Kier alpha value is -1.11. The summed E-state index contributed by atoms with van der Waals surface area (Å²) in [5, 5.41) is 0. The van der Waals surface area contributed by atoms with Crippen molar-refractivity contribution in [2.75, 3.05) is 0 Å². The van der Waals surface area contributed by atoms with E-state index in [1.54, 1.807) is 6.92 Å². The molecule has 0 aliphatic heterocycles. The van der Waals surface area contributed by atoms with E-state index < -0.39 is 0 Å². The standard InChI is InChI=1S/C14H20O/c1-10-6-7-13(8-11(10)2)14(4,5)9-12(3)15/h6-8H,9H2,1-5H3. The van der Waals surface area contributed by atoms with Gasteiger partial charge in [-0.2, -0.15) is 0 Å². The minimum atomic E-state index is -0.0513. The van der Waals surface area contributed by atoms with Crippen molar-refractivity contribution in [3.05, 3.63) is 34.9 Å². The summed E-state index contributed by atoms with van der Waals surface area (Å²) in [4.78, 5) is 11.2. The molecule has 0 aliphatic carbocycles. The molecular weight excluding hydrogens is 184 g/mol. The maximum Gasteiger partial charge on any atom is 0.130 e. The second kappa shape index (κ2) is 4.18. The fourth-order valence-corrected chi connectivity index (χ4v) is 1.89. The molecule has 1 nitrogen and oxygen atoms in total. The SMILES string of the molecule is CC(=O)CC(C)(C)c1ccc(C)c(C)c1. The Morgan fingerprint density at radius 3 is 2.27 bits per heavy atom. The van der Waals surface area contributed by atoms with Crippen molar-refractivity contribution in [3.63, 3.8) is 0 Å². The molecule has 1 heteroatoms. The van der Waals surface area contributed by atoms with Crippen LogP contribution in [0.4, 0.5) is 0 Å². The predicted molar refractivity (Wildman–Crippen MR) is 64.2 cm³/mol. The van der Waals surface area contributed by atoms with Crippen LogP contribution in [0.5, 0.6) is 0 Å². The molecule has 1 aromatic carbocycles. The zero-order valence-corrected chi connectivity index (χ0v) is 10.3. The van der Waals surface area contributed by atoms with Crippen LogP contribution in [-0.4, -0.2) is 5.78 Å². The Bertz CT molecular complexity index is 375. The van der Waals surface area contributed by atoms with Gasteiger partial charge < -0.3 is 0 Å². The van der Waals surface area contributed by atoms with E-state index in [0.29, 0.717) is 6.42 Å². The summed E-state index contributed by atoms with van der Waals surface area (Å²) in [7, 11) is 0. The van der Waals surface area contributed by atoms with Crippen molar-refractivity contribution < 1.29 is 4.79 Å². The zero-order chi connectivity index (χ0) is 11.6. The number of carbonyl (C=O) groups is 1. The zero-order valence-electron chi connectivity index (χ0n) is 10.3. The van der Waals surface area contributed by atoms with Crippen LogP contribution in [0.15, 0.2) is 18.2 Å². The second-order valence-electron chi connectivity index (χ2n) is 5.06. The molecule has 82 valence electrons. The van der Waals surface area contributed by atoms with Gasteiger partial charge in [0.2, 0.25) is 0 Å². The normalized spacial score (nSPS) is 11.5. The summed E-state index contributed by atoms with van der Waals surface area (Å²) in [6.45, 7) is 10.1. The van der Waals surface area contributed by atoms with Gasteiger partial charge in [-0.05, 0) is 42.9 Å². The van der Waals surface area contributed by atoms with Gasteiger partial charge >= 0.3 is 0 Å². The van der Waals surface area contributed by atoms with E-state index in [-0.39, 0.29) is 11.2 Å². The van der Waals surface area contributed by atoms with Gasteiger partial charge in [0.15, 0.2) is 0 Å². The number of benzene rings is 1. The summed E-state index contributed by atoms with van der Waals surface area (Å²) in [6, 6.07) is 6.45. The number of hydrogen-bond donors (Lipinski definition) is 0. The second-order valence-corrected chi connectivity index (χ2v) is 5.06. The minimum Gasteiger partial charge on any atom is -0.300 e. The van der Waals surface area contributed by atoms with Gasteiger partial charge in [-0.25, -0.2) is 0 Å². The van der Waals surface area contributed by atoms with E-state index >= 15 is 0 Å². The summed E-state index contributed by atoms with van der Waals surface area (Å²) < 4.78 is 0. The average Bonchev–Trinajstić information content (AvgIpc) is 2.07. The lowest BCUT2D eigenvalue weighted by Crippen LogP contribution is -2.20. The van der Waals surface area contributed by atoms with E-state index in [9.17, 15) is 4.79 Å². The third kappa shape index (κ3) is 2.92. The predicted octanol–water partition coefficient (Wildman–Crippen LogP) is 3.56. The smallest absolute Gasteiger partial charge is 0.130 e. The largest absolute Gasteiger partial charge is 0.300 e. The van der Waals surface area contributed by atoms with E-state index in [2.05, 4.69) is 45.9 Å². The van der Waals surface area contributed by atoms with Gasteiger partial charge in [-0.15, -0.1) is 0 Å². The third-order valence-corrected chi connectivity index (χ3v) is 2.98. The number of hydrogen-bond acceptors (Lipinski definition) is 1. The molecule has 0 spiro atoms. The van der Waals surface area contributed by atoms with Gasteiger partial charge in [-0.3, -0.25) is 4.79 Å². The van der Waals surface area contributed by atoms with Crippen LogP contribution in [0.25, 0.3) is 0 Å². The molecule has 0 radical (unpaired) electrons. The van der Waals surface area contributed by atoms with Crippen LogP contribution in [0.2, 0.25) is 0 Å². The first kappa shape index (κ1) is 12.0. The average molecular weight is 204 g/mol. The van der Waals surface area contributed by atoms with Crippen molar-refractivity contribution >= 4 is 5.78 Å². The highest BCUT2D eigenvalue weighted by Gasteiger charge is 2.22.